The SMILES string of the molecule is CCS(=O)(=O)c1cc(C2(C#N)CC2)cnc1N1CCc2nc(OCC(Cl)(Cl)C(F)(F)F)ccc2C1=O. The van der Waals surface area contributed by atoms with Gasteiger partial charge in [-0.25, -0.2) is 18.4 Å². The predicted molar refractivity (Wildman–Crippen MR) is 124 cm³/mol. The Balaban J connectivity index is 1.63. The lowest BCUT2D eigenvalue weighted by atomic mass is 9.99. The van der Waals surface area contributed by atoms with Gasteiger partial charge in [0.15, 0.2) is 15.7 Å². The van der Waals surface area contributed by atoms with E-state index in [9.17, 15) is 31.6 Å². The largest absolute Gasteiger partial charge is 0.474 e. The van der Waals surface area contributed by atoms with Gasteiger partial charge in [0.2, 0.25) is 10.2 Å². The molecule has 0 bridgehead atoms. The Kier molecular flexibility index (Phi) is 6.64. The third kappa shape index (κ3) is 4.71. The monoisotopic (exact) mass is 562 g/mol. The lowest BCUT2D eigenvalue weighted by Crippen LogP contribution is -2.40. The molecule has 0 saturated heterocycles. The van der Waals surface area contributed by atoms with Crippen LogP contribution in [-0.2, 0) is 21.7 Å². The summed E-state index contributed by atoms with van der Waals surface area (Å²) in [6.45, 7) is 0.378. The number of ether oxygens (including phenoxy) is 1. The van der Waals surface area contributed by atoms with Gasteiger partial charge in [0.1, 0.15) is 11.5 Å². The Morgan fingerprint density at radius 1 is 1.28 bits per heavy atom. The molecule has 1 amide bonds. The highest BCUT2D eigenvalue weighted by Gasteiger charge is 2.53. The minimum Gasteiger partial charge on any atom is -0.474 e. The van der Waals surface area contributed by atoms with Crippen LogP contribution < -0.4 is 9.64 Å². The molecule has 192 valence electrons. The number of nitrogens with zero attached hydrogens (tertiary/aromatic N) is 4. The van der Waals surface area contributed by atoms with Crippen LogP contribution in [-0.4, -0.2) is 53.7 Å². The van der Waals surface area contributed by atoms with Crippen LogP contribution in [0.3, 0.4) is 0 Å². The highest BCUT2D eigenvalue weighted by Crippen LogP contribution is 2.48. The van der Waals surface area contributed by atoms with Crippen molar-refractivity contribution in [1.29, 1.82) is 5.26 Å². The minimum absolute atomic E-state index is 0.0156. The molecule has 0 unspecified atom stereocenters. The maximum atomic E-state index is 13.3. The number of sulfone groups is 1. The molecule has 2 aliphatic rings. The fraction of sp³-hybridized carbons (Fsp3) is 0.455. The highest BCUT2D eigenvalue weighted by molar-refractivity contribution is 7.91. The van der Waals surface area contributed by atoms with Crippen molar-refractivity contribution in [3.05, 3.63) is 41.2 Å². The van der Waals surface area contributed by atoms with Gasteiger partial charge in [-0.1, -0.05) is 30.1 Å². The Morgan fingerprint density at radius 2 is 1.97 bits per heavy atom. The van der Waals surface area contributed by atoms with Crippen molar-refractivity contribution in [2.75, 3.05) is 23.8 Å². The van der Waals surface area contributed by atoms with Gasteiger partial charge in [-0.15, -0.1) is 0 Å². The molecule has 8 nitrogen and oxygen atoms in total. The molecule has 2 aromatic heterocycles. The summed E-state index contributed by atoms with van der Waals surface area (Å²) in [7, 11) is -3.80. The van der Waals surface area contributed by atoms with Crippen LogP contribution in [0.5, 0.6) is 5.88 Å². The van der Waals surface area contributed by atoms with Crippen molar-refractivity contribution in [3.63, 3.8) is 0 Å². The summed E-state index contributed by atoms with van der Waals surface area (Å²) >= 11 is 10.6. The second kappa shape index (κ2) is 9.04. The molecule has 1 fully saturated rings. The summed E-state index contributed by atoms with van der Waals surface area (Å²) in [6, 6.07) is 6.14. The van der Waals surface area contributed by atoms with Crippen LogP contribution in [0, 0.1) is 11.3 Å². The molecule has 1 aliphatic carbocycles. The van der Waals surface area contributed by atoms with E-state index in [0.29, 0.717) is 18.4 Å². The zero-order chi connectivity index (χ0) is 26.5. The second-order valence-corrected chi connectivity index (χ2v) is 12.2. The molecule has 36 heavy (non-hydrogen) atoms. The number of nitriles is 1. The molecule has 0 atom stereocenters. The van der Waals surface area contributed by atoms with Crippen molar-refractivity contribution in [3.8, 4) is 11.9 Å². The van der Waals surface area contributed by atoms with E-state index in [0.717, 1.165) is 0 Å². The fourth-order valence-corrected chi connectivity index (χ4v) is 4.90. The zero-order valence-corrected chi connectivity index (χ0v) is 21.1. The maximum Gasteiger partial charge on any atom is 0.424 e. The fourth-order valence-electron chi connectivity index (χ4n) is 3.74. The van der Waals surface area contributed by atoms with E-state index in [1.807, 2.05) is 0 Å². The number of aromatic nitrogens is 2. The number of halogens is 5. The van der Waals surface area contributed by atoms with Crippen molar-refractivity contribution in [2.45, 2.75) is 47.0 Å². The molecule has 0 N–H and O–H groups in total. The Labute approximate surface area is 214 Å². The Morgan fingerprint density at radius 3 is 2.56 bits per heavy atom. The normalized spacial score (nSPS) is 17.4. The number of anilines is 1. The average Bonchev–Trinajstić information content (AvgIpc) is 3.63. The summed E-state index contributed by atoms with van der Waals surface area (Å²) in [6.07, 6.45) is -2.16. The number of rotatable bonds is 7. The van der Waals surface area contributed by atoms with E-state index in [2.05, 4.69) is 16.0 Å². The van der Waals surface area contributed by atoms with E-state index >= 15 is 0 Å². The van der Waals surface area contributed by atoms with Crippen LogP contribution >= 0.6 is 23.2 Å². The number of alkyl halides is 5. The van der Waals surface area contributed by atoms with E-state index in [1.54, 1.807) is 0 Å². The first-order chi connectivity index (χ1) is 16.7. The van der Waals surface area contributed by atoms with Gasteiger partial charge in [-0.2, -0.15) is 18.4 Å². The van der Waals surface area contributed by atoms with Crippen LogP contribution in [0.25, 0.3) is 0 Å². The third-order valence-corrected chi connectivity index (χ3v) is 8.51. The molecule has 4 rings (SSSR count). The molecule has 1 aliphatic heterocycles. The van der Waals surface area contributed by atoms with Crippen molar-refractivity contribution in [1.82, 2.24) is 9.97 Å². The number of amides is 1. The van der Waals surface area contributed by atoms with Crippen molar-refractivity contribution < 1.29 is 31.1 Å². The van der Waals surface area contributed by atoms with Crippen molar-refractivity contribution in [2.24, 2.45) is 0 Å². The van der Waals surface area contributed by atoms with Crippen molar-refractivity contribution >= 4 is 44.8 Å². The topological polar surface area (TPSA) is 113 Å². The summed E-state index contributed by atoms with van der Waals surface area (Å²) < 4.78 is 66.2. The van der Waals surface area contributed by atoms with Gasteiger partial charge >= 0.3 is 6.18 Å². The van der Waals surface area contributed by atoms with Gasteiger partial charge in [-0.05, 0) is 30.5 Å². The van der Waals surface area contributed by atoms with Gasteiger partial charge in [0.25, 0.3) is 5.91 Å². The van der Waals surface area contributed by atoms with Gasteiger partial charge in [0, 0.05) is 25.2 Å². The van der Waals surface area contributed by atoms with Gasteiger partial charge in [-0.3, -0.25) is 9.69 Å². The number of fused-ring (bicyclic) bond motifs is 1. The first-order valence-corrected chi connectivity index (χ1v) is 13.2. The summed E-state index contributed by atoms with van der Waals surface area (Å²) in [4.78, 5) is 22.7. The van der Waals surface area contributed by atoms with E-state index in [4.69, 9.17) is 27.9 Å². The number of hydrogen-bond acceptors (Lipinski definition) is 7. The zero-order valence-electron chi connectivity index (χ0n) is 18.8. The van der Waals surface area contributed by atoms with Crippen LogP contribution in [0.4, 0.5) is 19.0 Å². The molecular weight excluding hydrogens is 544 g/mol. The number of carbonyl (C=O) groups excluding carboxylic acids is 1. The highest BCUT2D eigenvalue weighted by atomic mass is 35.5. The molecule has 2 aromatic rings. The standard InChI is InChI=1S/C22H19Cl2F3N4O4S/c1-2-36(33,34)16-9-13(20(11-28)6-7-20)10-29-18(16)31-8-5-15-14(19(31)32)3-4-17(30-15)35-12-21(23,24)22(25,26)27/h3-4,9-10H,2,5-8,12H2,1H3. The van der Waals surface area contributed by atoms with Crippen LogP contribution in [0.1, 0.15) is 41.4 Å². The summed E-state index contributed by atoms with van der Waals surface area (Å²) in [5.41, 5.74) is 0.0999. The average molecular weight is 563 g/mol. The Bertz CT molecular complexity index is 1370. The molecule has 14 heteroatoms. The molecular formula is C22H19Cl2F3N4O4S. The second-order valence-electron chi connectivity index (χ2n) is 8.48. The lowest BCUT2D eigenvalue weighted by molar-refractivity contribution is -0.147. The predicted octanol–water partition coefficient (Wildman–Crippen LogP) is 4.14. The summed E-state index contributed by atoms with van der Waals surface area (Å²) in [5.74, 6) is -1.06. The third-order valence-electron chi connectivity index (χ3n) is 6.13. The van der Waals surface area contributed by atoms with E-state index in [1.165, 1.54) is 36.2 Å². The Hall–Kier alpha value is -2.62. The minimum atomic E-state index is -4.92. The first-order valence-electron chi connectivity index (χ1n) is 10.8. The quantitative estimate of drug-likeness (QED) is 0.466. The smallest absolute Gasteiger partial charge is 0.424 e. The molecule has 3 heterocycles. The van der Waals surface area contributed by atoms with Crippen LogP contribution in [0.15, 0.2) is 29.3 Å². The molecule has 1 saturated carbocycles. The van der Waals surface area contributed by atoms with Gasteiger partial charge in [0.05, 0.1) is 28.5 Å². The lowest BCUT2D eigenvalue weighted by Gasteiger charge is -2.29. The molecule has 0 spiro atoms. The molecule has 0 aromatic carbocycles. The number of carbonyl (C=O) groups is 1. The van der Waals surface area contributed by atoms with E-state index in [-0.39, 0.29) is 46.6 Å². The van der Waals surface area contributed by atoms with Gasteiger partial charge < -0.3 is 4.74 Å². The summed E-state index contributed by atoms with van der Waals surface area (Å²) in [5, 5.41) is 9.50. The van der Waals surface area contributed by atoms with Crippen LogP contribution in [0.2, 0.25) is 0 Å². The number of pyridine rings is 2. The van der Waals surface area contributed by atoms with E-state index < -0.39 is 38.3 Å². The number of hydrogen-bond donors (Lipinski definition) is 0. The maximum absolute atomic E-state index is 13.3. The first kappa shape index (κ1) is 26.4. The molecule has 0 radical (unpaired) electrons.